The van der Waals surface area contributed by atoms with Crippen molar-refractivity contribution >= 4 is 5.97 Å². The van der Waals surface area contributed by atoms with Crippen LogP contribution in [-0.2, 0) is 27.5 Å². The molecule has 2 aliphatic heterocycles. The number of esters is 1. The van der Waals surface area contributed by atoms with Gasteiger partial charge in [-0.3, -0.25) is 4.79 Å². The molecule has 0 aliphatic carbocycles. The molecular weight excluding hydrogens is 550 g/mol. The van der Waals surface area contributed by atoms with Gasteiger partial charge in [-0.2, -0.15) is 0 Å². The Kier molecular flexibility index (Phi) is 8.09. The molecule has 6 heteroatoms. The predicted octanol–water partition coefficient (Wildman–Crippen LogP) is 7.58. The SMILES string of the molecule is O=C1OCC(c2ccccc2)N2C(c3ccc(OCc4ccccc4)cc3)OC(c3ccc(OCc4ccccc4)cc3)C12. The van der Waals surface area contributed by atoms with E-state index in [1.54, 1.807) is 0 Å². The average molecular weight is 584 g/mol. The topological polar surface area (TPSA) is 57.2 Å². The van der Waals surface area contributed by atoms with Gasteiger partial charge in [0.2, 0.25) is 0 Å². The molecule has 4 unspecified atom stereocenters. The maximum atomic E-state index is 13.4. The van der Waals surface area contributed by atoms with Gasteiger partial charge in [0.05, 0.1) is 6.04 Å². The van der Waals surface area contributed by atoms with E-state index in [9.17, 15) is 4.79 Å². The molecule has 0 saturated carbocycles. The van der Waals surface area contributed by atoms with Crippen LogP contribution in [0.15, 0.2) is 140 Å². The number of carbonyl (C=O) groups is 1. The van der Waals surface area contributed by atoms with Crippen LogP contribution in [0.1, 0.15) is 46.2 Å². The number of hydrogen-bond acceptors (Lipinski definition) is 6. The first-order valence-electron chi connectivity index (χ1n) is 14.9. The molecule has 220 valence electrons. The fourth-order valence-corrected chi connectivity index (χ4v) is 5.94. The number of morpholine rings is 1. The number of fused-ring (bicyclic) bond motifs is 1. The van der Waals surface area contributed by atoms with Crippen LogP contribution in [0.25, 0.3) is 0 Å². The Balaban J connectivity index is 1.15. The van der Waals surface area contributed by atoms with Crippen molar-refractivity contribution in [2.75, 3.05) is 6.61 Å². The molecule has 7 rings (SSSR count). The van der Waals surface area contributed by atoms with Crippen molar-refractivity contribution < 1.29 is 23.7 Å². The van der Waals surface area contributed by atoms with E-state index in [0.29, 0.717) is 13.2 Å². The molecular formula is C38H33NO5. The molecule has 2 saturated heterocycles. The van der Waals surface area contributed by atoms with Gasteiger partial charge in [-0.25, -0.2) is 4.90 Å². The molecule has 4 atom stereocenters. The summed E-state index contributed by atoms with van der Waals surface area (Å²) in [5.41, 5.74) is 5.12. The van der Waals surface area contributed by atoms with Crippen LogP contribution in [0.5, 0.6) is 11.5 Å². The Morgan fingerprint density at radius 1 is 0.591 bits per heavy atom. The van der Waals surface area contributed by atoms with Crippen molar-refractivity contribution in [3.63, 3.8) is 0 Å². The third kappa shape index (κ3) is 5.95. The van der Waals surface area contributed by atoms with Gasteiger partial charge in [0.25, 0.3) is 0 Å². The molecule has 0 spiro atoms. The molecule has 0 radical (unpaired) electrons. The maximum absolute atomic E-state index is 13.4. The smallest absolute Gasteiger partial charge is 0.326 e. The van der Waals surface area contributed by atoms with Crippen LogP contribution in [-0.4, -0.2) is 23.5 Å². The van der Waals surface area contributed by atoms with E-state index in [2.05, 4.69) is 17.0 Å². The standard InChI is InChI=1S/C38H33NO5/c40-38-35-36(30-16-20-32(21-17-30)41-24-27-10-4-1-5-11-27)44-37(39(35)34(26-43-38)29-14-8-3-9-15-29)31-18-22-33(23-19-31)42-25-28-12-6-2-7-13-28/h1-23,34-37H,24-26H2. The number of ether oxygens (including phenoxy) is 4. The summed E-state index contributed by atoms with van der Waals surface area (Å²) in [5, 5.41) is 0. The van der Waals surface area contributed by atoms with Gasteiger partial charge in [-0.05, 0) is 52.1 Å². The lowest BCUT2D eigenvalue weighted by atomic mass is 9.96. The highest BCUT2D eigenvalue weighted by atomic mass is 16.6. The highest BCUT2D eigenvalue weighted by molar-refractivity contribution is 5.78. The van der Waals surface area contributed by atoms with Crippen molar-refractivity contribution in [1.82, 2.24) is 4.90 Å². The van der Waals surface area contributed by atoms with Crippen LogP contribution in [0.2, 0.25) is 0 Å². The zero-order valence-corrected chi connectivity index (χ0v) is 24.2. The predicted molar refractivity (Wildman–Crippen MR) is 167 cm³/mol. The molecule has 2 fully saturated rings. The van der Waals surface area contributed by atoms with Crippen LogP contribution >= 0.6 is 0 Å². The third-order valence-electron chi connectivity index (χ3n) is 8.19. The van der Waals surface area contributed by atoms with Crippen molar-refractivity contribution in [1.29, 1.82) is 0 Å². The number of rotatable bonds is 9. The van der Waals surface area contributed by atoms with Crippen molar-refractivity contribution in [2.45, 2.75) is 37.6 Å². The van der Waals surface area contributed by atoms with Gasteiger partial charge in [0.15, 0.2) is 0 Å². The quantitative estimate of drug-likeness (QED) is 0.167. The number of benzene rings is 5. The minimum Gasteiger partial charge on any atom is -0.489 e. The van der Waals surface area contributed by atoms with Gasteiger partial charge < -0.3 is 18.9 Å². The number of carbonyl (C=O) groups excluding carboxylic acids is 1. The summed E-state index contributed by atoms with van der Waals surface area (Å²) < 4.78 is 24.6. The highest BCUT2D eigenvalue weighted by Crippen LogP contribution is 2.49. The number of hydrogen-bond donors (Lipinski definition) is 0. The summed E-state index contributed by atoms with van der Waals surface area (Å²) in [5.74, 6) is 1.24. The van der Waals surface area contributed by atoms with E-state index in [-0.39, 0.29) is 18.6 Å². The van der Waals surface area contributed by atoms with E-state index in [1.807, 2.05) is 127 Å². The Hall–Kier alpha value is -4.91. The number of cyclic esters (lactones) is 1. The lowest BCUT2D eigenvalue weighted by Gasteiger charge is -2.39. The van der Waals surface area contributed by atoms with Gasteiger partial charge >= 0.3 is 5.97 Å². The monoisotopic (exact) mass is 583 g/mol. The number of nitrogens with zero attached hydrogens (tertiary/aromatic N) is 1. The second-order valence-electron chi connectivity index (χ2n) is 11.0. The minimum atomic E-state index is -0.607. The van der Waals surface area contributed by atoms with E-state index >= 15 is 0 Å². The lowest BCUT2D eigenvalue weighted by molar-refractivity contribution is -0.163. The van der Waals surface area contributed by atoms with E-state index in [1.165, 1.54) is 0 Å². The lowest BCUT2D eigenvalue weighted by Crippen LogP contribution is -2.49. The Morgan fingerprint density at radius 2 is 1.09 bits per heavy atom. The molecule has 2 aliphatic rings. The largest absolute Gasteiger partial charge is 0.489 e. The van der Waals surface area contributed by atoms with Crippen molar-refractivity contribution in [2.24, 2.45) is 0 Å². The molecule has 44 heavy (non-hydrogen) atoms. The molecule has 2 heterocycles. The first-order chi connectivity index (χ1) is 21.7. The summed E-state index contributed by atoms with van der Waals surface area (Å²) in [6.45, 7) is 1.23. The molecule has 6 nitrogen and oxygen atoms in total. The van der Waals surface area contributed by atoms with Gasteiger partial charge in [-0.1, -0.05) is 115 Å². The summed E-state index contributed by atoms with van der Waals surface area (Å²) in [6, 6.07) is 45.3. The molecule has 5 aromatic carbocycles. The molecule has 0 bridgehead atoms. The highest BCUT2D eigenvalue weighted by Gasteiger charge is 2.54. The van der Waals surface area contributed by atoms with Gasteiger partial charge in [-0.15, -0.1) is 0 Å². The van der Waals surface area contributed by atoms with Gasteiger partial charge in [0, 0.05) is 0 Å². The zero-order chi connectivity index (χ0) is 29.7. The Labute approximate surface area is 257 Å². The maximum Gasteiger partial charge on any atom is 0.326 e. The second-order valence-corrected chi connectivity index (χ2v) is 11.0. The van der Waals surface area contributed by atoms with Crippen molar-refractivity contribution in [3.8, 4) is 11.5 Å². The molecule has 0 aromatic heterocycles. The van der Waals surface area contributed by atoms with E-state index in [4.69, 9.17) is 18.9 Å². The van der Waals surface area contributed by atoms with E-state index in [0.717, 1.165) is 39.3 Å². The Bertz CT molecular complexity index is 1660. The summed E-state index contributed by atoms with van der Waals surface area (Å²) in [6.07, 6.45) is -0.976. The van der Waals surface area contributed by atoms with Crippen LogP contribution in [0, 0.1) is 0 Å². The second kappa shape index (κ2) is 12.8. The normalized spacial score (nSPS) is 21.3. The summed E-state index contributed by atoms with van der Waals surface area (Å²) >= 11 is 0. The zero-order valence-electron chi connectivity index (χ0n) is 24.2. The third-order valence-corrected chi connectivity index (χ3v) is 8.19. The van der Waals surface area contributed by atoms with Gasteiger partial charge in [0.1, 0.15) is 49.7 Å². The molecule has 0 N–H and O–H groups in total. The van der Waals surface area contributed by atoms with Crippen LogP contribution in [0.4, 0.5) is 0 Å². The molecule has 0 amide bonds. The van der Waals surface area contributed by atoms with Crippen molar-refractivity contribution in [3.05, 3.63) is 167 Å². The Morgan fingerprint density at radius 3 is 1.64 bits per heavy atom. The van der Waals surface area contributed by atoms with E-state index < -0.39 is 18.4 Å². The minimum absolute atomic E-state index is 0.156. The molecule has 5 aromatic rings. The first kappa shape index (κ1) is 27.9. The average Bonchev–Trinajstić information content (AvgIpc) is 3.50. The fourth-order valence-electron chi connectivity index (χ4n) is 5.94. The fraction of sp³-hybridized carbons (Fsp3) is 0.184. The summed E-state index contributed by atoms with van der Waals surface area (Å²) in [4.78, 5) is 15.6. The first-order valence-corrected chi connectivity index (χ1v) is 14.9. The van der Waals surface area contributed by atoms with Crippen LogP contribution in [0.3, 0.4) is 0 Å². The summed E-state index contributed by atoms with van der Waals surface area (Å²) in [7, 11) is 0. The van der Waals surface area contributed by atoms with Crippen LogP contribution < -0.4 is 9.47 Å².